The number of carbonyl (C=O) groups is 1. The molecule has 0 aliphatic heterocycles. The molecule has 23 heavy (non-hydrogen) atoms. The highest BCUT2D eigenvalue weighted by Gasteiger charge is 2.44. The second kappa shape index (κ2) is 6.19. The summed E-state index contributed by atoms with van der Waals surface area (Å²) in [7, 11) is 0. The number of aromatic nitrogens is 2. The van der Waals surface area contributed by atoms with Crippen LogP contribution in [0.1, 0.15) is 57.9 Å². The summed E-state index contributed by atoms with van der Waals surface area (Å²) < 4.78 is 2.01. The van der Waals surface area contributed by atoms with E-state index < -0.39 is 0 Å². The molecule has 1 aromatic heterocycles. The summed E-state index contributed by atoms with van der Waals surface area (Å²) in [5.74, 6) is 1.09. The zero-order chi connectivity index (χ0) is 16.6. The second-order valence-corrected chi connectivity index (χ2v) is 7.86. The molecule has 1 N–H and O–H groups in total. The maximum Gasteiger partial charge on any atom is 0.236 e. The van der Waals surface area contributed by atoms with Crippen molar-refractivity contribution in [3.63, 3.8) is 0 Å². The van der Waals surface area contributed by atoms with Gasteiger partial charge in [0.25, 0.3) is 0 Å². The van der Waals surface area contributed by atoms with E-state index in [1.54, 1.807) is 11.8 Å². The number of imidazole rings is 1. The molecule has 2 aromatic rings. The first-order chi connectivity index (χ1) is 11.0. The minimum atomic E-state index is -0.219. The van der Waals surface area contributed by atoms with Gasteiger partial charge in [-0.3, -0.25) is 4.79 Å². The summed E-state index contributed by atoms with van der Waals surface area (Å²) in [5.41, 5.74) is 2.11. The SMILES string of the molecule is CSC1(C(=O)N[C@H](C)c2nc3ccccc3n2C(C)C)CCC1. The van der Waals surface area contributed by atoms with E-state index in [0.717, 1.165) is 36.1 Å². The molecule has 124 valence electrons. The standard InChI is InChI=1S/C18H25N3OS/c1-12(2)21-15-9-6-5-8-14(15)20-16(21)13(3)19-17(22)18(23-4)10-7-11-18/h5-6,8-9,12-13H,7,10-11H2,1-4H3,(H,19,22)/t13-/m1/s1. The van der Waals surface area contributed by atoms with Gasteiger partial charge in [0.05, 0.1) is 21.8 Å². The lowest BCUT2D eigenvalue weighted by Crippen LogP contribution is -2.49. The van der Waals surface area contributed by atoms with Crippen LogP contribution >= 0.6 is 11.8 Å². The molecule has 1 atom stereocenters. The number of thioether (sulfide) groups is 1. The molecule has 4 nitrogen and oxygen atoms in total. The summed E-state index contributed by atoms with van der Waals surface area (Å²) in [6, 6.07) is 8.37. The molecule has 1 amide bonds. The smallest absolute Gasteiger partial charge is 0.236 e. The van der Waals surface area contributed by atoms with Crippen LogP contribution in [0.2, 0.25) is 0 Å². The Labute approximate surface area is 142 Å². The van der Waals surface area contributed by atoms with E-state index in [4.69, 9.17) is 4.98 Å². The Balaban J connectivity index is 1.90. The Bertz CT molecular complexity index is 713. The van der Waals surface area contributed by atoms with Gasteiger partial charge in [-0.05, 0) is 58.4 Å². The topological polar surface area (TPSA) is 46.9 Å². The highest BCUT2D eigenvalue weighted by molar-refractivity contribution is 8.00. The van der Waals surface area contributed by atoms with Crippen LogP contribution in [-0.2, 0) is 4.79 Å². The van der Waals surface area contributed by atoms with Crippen molar-refractivity contribution < 1.29 is 4.79 Å². The van der Waals surface area contributed by atoms with Crippen LogP contribution in [0.4, 0.5) is 0 Å². The Morgan fingerprint density at radius 1 is 1.30 bits per heavy atom. The zero-order valence-corrected chi connectivity index (χ0v) is 15.1. The lowest BCUT2D eigenvalue weighted by atomic mass is 9.83. The van der Waals surface area contributed by atoms with Crippen molar-refractivity contribution in [2.45, 2.75) is 56.9 Å². The molecule has 1 aliphatic rings. The normalized spacial score (nSPS) is 18.0. The molecule has 1 fully saturated rings. The molecule has 0 radical (unpaired) electrons. The van der Waals surface area contributed by atoms with E-state index in [9.17, 15) is 4.79 Å². The first kappa shape index (κ1) is 16.4. The maximum absolute atomic E-state index is 12.7. The molecule has 1 heterocycles. The van der Waals surface area contributed by atoms with E-state index in [1.807, 2.05) is 31.4 Å². The molecule has 0 bridgehead atoms. The number of hydrogen-bond acceptors (Lipinski definition) is 3. The second-order valence-electron chi connectivity index (χ2n) is 6.67. The van der Waals surface area contributed by atoms with Crippen molar-refractivity contribution >= 4 is 28.7 Å². The Morgan fingerprint density at radius 3 is 2.57 bits per heavy atom. The van der Waals surface area contributed by atoms with Crippen LogP contribution in [0.25, 0.3) is 11.0 Å². The molecule has 1 saturated carbocycles. The van der Waals surface area contributed by atoms with Gasteiger partial charge in [-0.25, -0.2) is 4.98 Å². The molecule has 1 aromatic carbocycles. The summed E-state index contributed by atoms with van der Waals surface area (Å²) >= 11 is 1.68. The fraction of sp³-hybridized carbons (Fsp3) is 0.556. The van der Waals surface area contributed by atoms with E-state index in [1.165, 1.54) is 0 Å². The number of hydrogen-bond donors (Lipinski definition) is 1. The predicted molar refractivity (Wildman–Crippen MR) is 96.8 cm³/mol. The van der Waals surface area contributed by atoms with Gasteiger partial charge in [-0.1, -0.05) is 12.1 Å². The van der Waals surface area contributed by atoms with Gasteiger partial charge in [-0.2, -0.15) is 0 Å². The van der Waals surface area contributed by atoms with Crippen LogP contribution in [0.3, 0.4) is 0 Å². The largest absolute Gasteiger partial charge is 0.345 e. The van der Waals surface area contributed by atoms with Gasteiger partial charge >= 0.3 is 0 Å². The third-order valence-electron chi connectivity index (χ3n) is 4.84. The summed E-state index contributed by atoms with van der Waals surface area (Å²) in [5, 5.41) is 3.20. The molecule has 0 spiro atoms. The number of fused-ring (bicyclic) bond motifs is 1. The highest BCUT2D eigenvalue weighted by atomic mass is 32.2. The molecular formula is C18H25N3OS. The number of amides is 1. The predicted octanol–water partition coefficient (Wildman–Crippen LogP) is 4.08. The van der Waals surface area contributed by atoms with Crippen molar-refractivity contribution in [2.24, 2.45) is 0 Å². The van der Waals surface area contributed by atoms with Gasteiger partial charge < -0.3 is 9.88 Å². The van der Waals surface area contributed by atoms with Gasteiger partial charge in [0.2, 0.25) is 5.91 Å². The van der Waals surface area contributed by atoms with E-state index in [2.05, 4.69) is 29.8 Å². The first-order valence-corrected chi connectivity index (χ1v) is 9.54. The minimum absolute atomic E-state index is 0.0954. The molecule has 0 saturated heterocycles. The van der Waals surface area contributed by atoms with Gasteiger partial charge in [0.15, 0.2) is 0 Å². The average molecular weight is 331 g/mol. The minimum Gasteiger partial charge on any atom is -0.345 e. The van der Waals surface area contributed by atoms with Crippen molar-refractivity contribution in [3.8, 4) is 0 Å². The van der Waals surface area contributed by atoms with Crippen molar-refractivity contribution in [1.29, 1.82) is 0 Å². The zero-order valence-electron chi connectivity index (χ0n) is 14.3. The van der Waals surface area contributed by atoms with Gasteiger partial charge in [0.1, 0.15) is 5.82 Å². The first-order valence-electron chi connectivity index (χ1n) is 8.31. The van der Waals surface area contributed by atoms with E-state index in [-0.39, 0.29) is 16.7 Å². The Morgan fingerprint density at radius 2 is 2.00 bits per heavy atom. The Kier molecular flexibility index (Phi) is 4.41. The molecule has 5 heteroatoms. The number of rotatable bonds is 5. The highest BCUT2D eigenvalue weighted by Crippen LogP contribution is 2.43. The van der Waals surface area contributed by atoms with Crippen LogP contribution in [-0.4, -0.2) is 26.5 Å². The molecule has 1 aliphatic carbocycles. The number of para-hydroxylation sites is 2. The van der Waals surface area contributed by atoms with Crippen LogP contribution < -0.4 is 5.32 Å². The number of nitrogens with zero attached hydrogens (tertiary/aromatic N) is 2. The van der Waals surface area contributed by atoms with Crippen LogP contribution in [0, 0.1) is 0 Å². The third kappa shape index (κ3) is 2.75. The fourth-order valence-electron chi connectivity index (χ4n) is 3.33. The lowest BCUT2D eigenvalue weighted by Gasteiger charge is -2.39. The van der Waals surface area contributed by atoms with Crippen molar-refractivity contribution in [2.75, 3.05) is 6.26 Å². The third-order valence-corrected chi connectivity index (χ3v) is 6.22. The van der Waals surface area contributed by atoms with E-state index >= 15 is 0 Å². The number of carbonyl (C=O) groups excluding carboxylic acids is 1. The molecule has 3 rings (SSSR count). The fourth-order valence-corrected chi connectivity index (χ4v) is 4.27. The van der Waals surface area contributed by atoms with Crippen LogP contribution in [0.5, 0.6) is 0 Å². The molecular weight excluding hydrogens is 306 g/mol. The average Bonchev–Trinajstić information content (AvgIpc) is 2.86. The van der Waals surface area contributed by atoms with Crippen molar-refractivity contribution in [3.05, 3.63) is 30.1 Å². The lowest BCUT2D eigenvalue weighted by molar-refractivity contribution is -0.126. The van der Waals surface area contributed by atoms with Crippen molar-refractivity contribution in [1.82, 2.24) is 14.9 Å². The van der Waals surface area contributed by atoms with E-state index in [0.29, 0.717) is 6.04 Å². The summed E-state index contributed by atoms with van der Waals surface area (Å²) in [6.07, 6.45) is 5.14. The monoisotopic (exact) mass is 331 g/mol. The number of nitrogens with one attached hydrogen (secondary N) is 1. The molecule has 0 unspecified atom stereocenters. The summed E-state index contributed by atoms with van der Waals surface area (Å²) in [4.78, 5) is 17.5. The number of benzene rings is 1. The van der Waals surface area contributed by atoms with Crippen LogP contribution in [0.15, 0.2) is 24.3 Å². The van der Waals surface area contributed by atoms with Gasteiger partial charge in [-0.15, -0.1) is 11.8 Å². The maximum atomic E-state index is 12.7. The van der Waals surface area contributed by atoms with Gasteiger partial charge in [0, 0.05) is 6.04 Å². The summed E-state index contributed by atoms with van der Waals surface area (Å²) in [6.45, 7) is 6.34. The quantitative estimate of drug-likeness (QED) is 0.898. The Hall–Kier alpha value is -1.49.